The number of nitrogens with one attached hydrogen (secondary N) is 1. The van der Waals surface area contributed by atoms with Crippen molar-refractivity contribution in [2.75, 3.05) is 19.5 Å². The fourth-order valence-corrected chi connectivity index (χ4v) is 7.25. The Morgan fingerprint density at radius 3 is 2.30 bits per heavy atom. The number of methoxy groups -OCH3 is 2. The van der Waals surface area contributed by atoms with Crippen molar-refractivity contribution in [3.8, 4) is 11.5 Å². The Labute approximate surface area is 253 Å². The Morgan fingerprint density at radius 2 is 1.53 bits per heavy atom. The molecule has 1 N–H and O–H groups in total. The summed E-state index contributed by atoms with van der Waals surface area (Å²) in [5.41, 5.74) is 2.40. The van der Waals surface area contributed by atoms with E-state index in [0.717, 1.165) is 11.1 Å². The minimum absolute atomic E-state index is 0.279. The Balaban J connectivity index is 1.52. The molecule has 1 fully saturated rings. The van der Waals surface area contributed by atoms with Crippen LogP contribution in [0.1, 0.15) is 43.4 Å². The minimum Gasteiger partial charge on any atom is -0.493 e. The van der Waals surface area contributed by atoms with Crippen molar-refractivity contribution in [2.24, 2.45) is 5.92 Å². The zero-order valence-electron chi connectivity index (χ0n) is 23.4. The molecule has 1 saturated heterocycles. The molecule has 3 aliphatic rings. The number of ketones is 2. The van der Waals surface area contributed by atoms with Gasteiger partial charge in [0.25, 0.3) is 0 Å². The molecule has 0 aromatic heterocycles. The summed E-state index contributed by atoms with van der Waals surface area (Å²) in [7, 11) is 3.02. The fraction of sp³-hybridized carbons (Fsp3) is 0.171. The highest BCUT2D eigenvalue weighted by Crippen LogP contribution is 2.62. The summed E-state index contributed by atoms with van der Waals surface area (Å²) >= 11 is 6.17. The number of para-hydroxylation sites is 1. The average Bonchev–Trinajstić information content (AvgIpc) is 3.52. The van der Waals surface area contributed by atoms with Gasteiger partial charge >= 0.3 is 0 Å². The molecule has 0 unspecified atom stereocenters. The topological polar surface area (TPSA) is 84.9 Å². The Morgan fingerprint density at radius 1 is 0.837 bits per heavy atom. The van der Waals surface area contributed by atoms with Crippen LogP contribution >= 0.6 is 11.6 Å². The molecule has 43 heavy (non-hydrogen) atoms. The molecular formula is C35H27ClN2O5. The third-order valence-electron chi connectivity index (χ3n) is 8.92. The number of rotatable bonds is 6. The van der Waals surface area contributed by atoms with Crippen LogP contribution in [0, 0.1) is 5.92 Å². The van der Waals surface area contributed by atoms with E-state index in [9.17, 15) is 14.4 Å². The molecule has 7 nitrogen and oxygen atoms in total. The fourth-order valence-electron chi connectivity index (χ4n) is 7.12. The molecular weight excluding hydrogens is 564 g/mol. The first-order valence-electron chi connectivity index (χ1n) is 13.9. The van der Waals surface area contributed by atoms with Crippen molar-refractivity contribution in [1.29, 1.82) is 0 Å². The normalized spacial score (nSPS) is 22.9. The van der Waals surface area contributed by atoms with E-state index in [-0.39, 0.29) is 17.5 Å². The van der Waals surface area contributed by atoms with Gasteiger partial charge in [-0.2, -0.15) is 0 Å². The lowest BCUT2D eigenvalue weighted by atomic mass is 9.62. The second kappa shape index (κ2) is 10.1. The van der Waals surface area contributed by atoms with Crippen LogP contribution in [-0.4, -0.2) is 42.6 Å². The van der Waals surface area contributed by atoms with Gasteiger partial charge in [-0.3, -0.25) is 14.4 Å². The van der Waals surface area contributed by atoms with Gasteiger partial charge in [-0.1, -0.05) is 54.1 Å². The number of anilines is 1. The van der Waals surface area contributed by atoms with Gasteiger partial charge in [-0.25, -0.2) is 0 Å². The summed E-state index contributed by atoms with van der Waals surface area (Å²) in [6, 6.07) is 25.2. The summed E-state index contributed by atoms with van der Waals surface area (Å²) in [4.78, 5) is 46.1. The second-order valence-electron chi connectivity index (χ2n) is 10.9. The molecule has 1 amide bonds. The summed E-state index contributed by atoms with van der Waals surface area (Å²) < 4.78 is 10.9. The zero-order valence-corrected chi connectivity index (χ0v) is 24.2. The number of ether oxygens (including phenoxy) is 2. The lowest BCUT2D eigenvalue weighted by Gasteiger charge is -2.38. The summed E-state index contributed by atoms with van der Waals surface area (Å²) in [6.07, 6.45) is 3.78. The van der Waals surface area contributed by atoms with Crippen LogP contribution in [0.25, 0.3) is 6.08 Å². The standard InChI is InChI=1S/C35H27ClN2O5/c1-42-27-16-13-22(19-28(27)43-2)31(39)29-30(32(40)21-11-14-23(36)15-12-21)38-18-17-20-7-3-4-8-24(20)33(38)35(29)25-9-5-6-10-26(25)37-34(35)41/h3-19,29-30,33H,1-2H3,(H,37,41)/t29-,30+,33-,35-/m0/s1. The summed E-state index contributed by atoms with van der Waals surface area (Å²) in [5, 5.41) is 3.55. The lowest BCUT2D eigenvalue weighted by molar-refractivity contribution is -0.122. The van der Waals surface area contributed by atoms with E-state index in [2.05, 4.69) is 5.32 Å². The van der Waals surface area contributed by atoms with E-state index in [4.69, 9.17) is 21.1 Å². The molecule has 8 heteroatoms. The van der Waals surface area contributed by atoms with Gasteiger partial charge in [-0.15, -0.1) is 0 Å². The third kappa shape index (κ3) is 3.85. The summed E-state index contributed by atoms with van der Waals surface area (Å²) in [5.74, 6) is -1.20. The molecule has 7 rings (SSSR count). The quantitative estimate of drug-likeness (QED) is 0.264. The molecule has 3 aliphatic heterocycles. The molecule has 4 atom stereocenters. The Bertz CT molecular complexity index is 1830. The van der Waals surface area contributed by atoms with Crippen LogP contribution in [0.3, 0.4) is 0 Å². The molecule has 3 heterocycles. The highest BCUT2D eigenvalue weighted by atomic mass is 35.5. The first-order valence-corrected chi connectivity index (χ1v) is 14.3. The van der Waals surface area contributed by atoms with Crippen LogP contribution in [-0.2, 0) is 10.2 Å². The number of hydrogen-bond acceptors (Lipinski definition) is 6. The van der Waals surface area contributed by atoms with Gasteiger partial charge in [0.15, 0.2) is 23.1 Å². The van der Waals surface area contributed by atoms with E-state index < -0.39 is 23.4 Å². The van der Waals surface area contributed by atoms with Crippen LogP contribution < -0.4 is 14.8 Å². The van der Waals surface area contributed by atoms with Gasteiger partial charge in [0.2, 0.25) is 5.91 Å². The lowest BCUT2D eigenvalue weighted by Crippen LogP contribution is -2.49. The number of carbonyl (C=O) groups excluding carboxylic acids is 3. The Hall–Kier alpha value is -4.88. The first-order chi connectivity index (χ1) is 20.9. The monoisotopic (exact) mass is 590 g/mol. The predicted octanol–water partition coefficient (Wildman–Crippen LogP) is 6.34. The van der Waals surface area contributed by atoms with Crippen LogP contribution in [0.5, 0.6) is 11.5 Å². The van der Waals surface area contributed by atoms with Gasteiger partial charge in [0.05, 0.1) is 26.2 Å². The number of amides is 1. The third-order valence-corrected chi connectivity index (χ3v) is 9.17. The van der Waals surface area contributed by atoms with Crippen molar-refractivity contribution < 1.29 is 23.9 Å². The predicted molar refractivity (Wildman–Crippen MR) is 164 cm³/mol. The average molecular weight is 591 g/mol. The molecule has 1 spiro atoms. The van der Waals surface area contributed by atoms with E-state index in [1.165, 1.54) is 14.2 Å². The molecule has 0 bridgehead atoms. The SMILES string of the molecule is COc1ccc(C(=O)[C@@H]2[C@H](C(=O)c3ccc(Cl)cc3)N3C=Cc4ccccc4[C@H]3[C@@]23C(=O)Nc2ccccc23)cc1OC. The van der Waals surface area contributed by atoms with E-state index in [0.29, 0.717) is 38.9 Å². The van der Waals surface area contributed by atoms with Gasteiger partial charge in [0, 0.05) is 28.0 Å². The zero-order chi connectivity index (χ0) is 29.9. The van der Waals surface area contributed by atoms with Crippen molar-refractivity contribution >= 4 is 40.8 Å². The second-order valence-corrected chi connectivity index (χ2v) is 11.3. The number of fused-ring (bicyclic) bond motifs is 6. The molecule has 4 aromatic carbocycles. The number of nitrogens with zero attached hydrogens (tertiary/aromatic N) is 1. The largest absolute Gasteiger partial charge is 0.493 e. The number of hydrogen-bond donors (Lipinski definition) is 1. The van der Waals surface area contributed by atoms with E-state index in [1.807, 2.05) is 65.7 Å². The van der Waals surface area contributed by atoms with E-state index >= 15 is 0 Å². The highest BCUT2D eigenvalue weighted by Gasteiger charge is 2.70. The highest BCUT2D eigenvalue weighted by molar-refractivity contribution is 6.30. The maximum atomic E-state index is 15.0. The number of benzene rings is 4. The van der Waals surface area contributed by atoms with E-state index in [1.54, 1.807) is 42.5 Å². The van der Waals surface area contributed by atoms with Crippen LogP contribution in [0.4, 0.5) is 5.69 Å². The van der Waals surface area contributed by atoms with Gasteiger partial charge in [-0.05, 0) is 71.3 Å². The molecule has 0 aliphatic carbocycles. The van der Waals surface area contributed by atoms with Crippen LogP contribution in [0.15, 0.2) is 97.2 Å². The number of Topliss-reactive ketones (excluding diaryl/α,β-unsaturated/α-hetero) is 2. The molecule has 0 saturated carbocycles. The number of carbonyl (C=O) groups is 3. The van der Waals surface area contributed by atoms with Gasteiger partial charge < -0.3 is 19.7 Å². The summed E-state index contributed by atoms with van der Waals surface area (Å²) in [6.45, 7) is 0. The first kappa shape index (κ1) is 27.0. The van der Waals surface area contributed by atoms with Crippen molar-refractivity contribution in [2.45, 2.75) is 17.5 Å². The molecule has 0 radical (unpaired) electrons. The molecule has 214 valence electrons. The van der Waals surface area contributed by atoms with Crippen LogP contribution in [0.2, 0.25) is 5.02 Å². The Kier molecular flexibility index (Phi) is 6.36. The van der Waals surface area contributed by atoms with Crippen molar-refractivity contribution in [3.05, 3.63) is 130 Å². The van der Waals surface area contributed by atoms with Crippen molar-refractivity contribution in [1.82, 2.24) is 4.90 Å². The minimum atomic E-state index is -1.42. The molecule has 4 aromatic rings. The van der Waals surface area contributed by atoms with Gasteiger partial charge in [0.1, 0.15) is 11.5 Å². The smallest absolute Gasteiger partial charge is 0.238 e. The number of halogens is 1. The maximum absolute atomic E-state index is 15.0. The maximum Gasteiger partial charge on any atom is 0.238 e. The van der Waals surface area contributed by atoms with Crippen molar-refractivity contribution in [3.63, 3.8) is 0 Å².